The second-order valence-corrected chi connectivity index (χ2v) is 5.52. The second kappa shape index (κ2) is 4.49. The number of aryl methyl sites for hydroxylation is 2. The number of hydrogen-bond donors (Lipinski definition) is 1. The van der Waals surface area contributed by atoms with Gasteiger partial charge in [0.2, 0.25) is 0 Å². The average molecular weight is 244 g/mol. The monoisotopic (exact) mass is 244 g/mol. The van der Waals surface area contributed by atoms with Gasteiger partial charge in [0.15, 0.2) is 0 Å². The molecular weight excluding hydrogens is 228 g/mol. The van der Waals surface area contributed by atoms with E-state index in [-0.39, 0.29) is 0 Å². The Morgan fingerprint density at radius 2 is 2.24 bits per heavy atom. The van der Waals surface area contributed by atoms with Crippen LogP contribution < -0.4 is 5.32 Å². The zero-order valence-electron chi connectivity index (χ0n) is 9.94. The van der Waals surface area contributed by atoms with Gasteiger partial charge in [-0.3, -0.25) is 0 Å². The molecule has 0 amide bonds. The lowest BCUT2D eigenvalue weighted by Gasteiger charge is -2.13. The van der Waals surface area contributed by atoms with E-state index in [1.165, 1.54) is 29.0 Å². The Labute approximate surface area is 106 Å². The lowest BCUT2D eigenvalue weighted by atomic mass is 10.2. The molecule has 1 unspecified atom stereocenters. The molecule has 0 spiro atoms. The molecule has 0 saturated heterocycles. The van der Waals surface area contributed by atoms with Crippen molar-refractivity contribution < 1.29 is 0 Å². The fourth-order valence-corrected chi connectivity index (χ4v) is 3.07. The van der Waals surface area contributed by atoms with Crippen LogP contribution in [0.25, 0.3) is 0 Å². The molecule has 1 aliphatic rings. The Balaban J connectivity index is 1.77. The van der Waals surface area contributed by atoms with E-state index in [1.807, 2.05) is 0 Å². The van der Waals surface area contributed by atoms with Gasteiger partial charge < -0.3 is 5.32 Å². The summed E-state index contributed by atoms with van der Waals surface area (Å²) in [6, 6.07) is 8.92. The summed E-state index contributed by atoms with van der Waals surface area (Å²) in [6.07, 6.45) is 3.59. The number of rotatable bonds is 3. The van der Waals surface area contributed by atoms with Crippen molar-refractivity contribution in [2.75, 3.05) is 5.32 Å². The molecule has 88 valence electrons. The van der Waals surface area contributed by atoms with Crippen molar-refractivity contribution >= 4 is 17.2 Å². The maximum atomic E-state index is 4.70. The minimum atomic E-state index is 0.335. The highest BCUT2D eigenvalue weighted by Crippen LogP contribution is 2.25. The summed E-state index contributed by atoms with van der Waals surface area (Å²) in [5.41, 5.74) is 2.72. The molecule has 2 nitrogen and oxygen atoms in total. The molecule has 3 heteroatoms. The molecule has 1 N–H and O–H groups in total. The lowest BCUT2D eigenvalue weighted by Crippen LogP contribution is -2.07. The summed E-state index contributed by atoms with van der Waals surface area (Å²) < 4.78 is 0. The molecule has 2 heterocycles. The first-order chi connectivity index (χ1) is 8.33. The van der Waals surface area contributed by atoms with Gasteiger partial charge in [0.25, 0.3) is 0 Å². The summed E-state index contributed by atoms with van der Waals surface area (Å²) in [5, 5.41) is 5.59. The first-order valence-corrected chi connectivity index (χ1v) is 6.99. The number of pyridine rings is 1. The van der Waals surface area contributed by atoms with Gasteiger partial charge in [-0.1, -0.05) is 12.1 Å². The Bertz CT molecular complexity index is 505. The number of nitrogens with one attached hydrogen (secondary N) is 1. The van der Waals surface area contributed by atoms with Gasteiger partial charge in [0.05, 0.1) is 6.04 Å². The molecule has 17 heavy (non-hydrogen) atoms. The number of hydrogen-bond acceptors (Lipinski definition) is 3. The van der Waals surface area contributed by atoms with Crippen molar-refractivity contribution in [2.24, 2.45) is 0 Å². The van der Waals surface area contributed by atoms with E-state index >= 15 is 0 Å². The standard InChI is InChI=1S/C14H16N2S/c1-10(13-6-3-9-17-13)15-14-8-7-11-4-2-5-12(11)16-14/h3,6-10H,2,4-5H2,1H3,(H,15,16). The van der Waals surface area contributed by atoms with Crippen LogP contribution in [-0.4, -0.2) is 4.98 Å². The maximum absolute atomic E-state index is 4.70. The van der Waals surface area contributed by atoms with Crippen molar-refractivity contribution in [3.63, 3.8) is 0 Å². The Kier molecular flexibility index (Phi) is 2.85. The first kappa shape index (κ1) is 10.8. The topological polar surface area (TPSA) is 24.9 Å². The molecule has 1 aliphatic carbocycles. The van der Waals surface area contributed by atoms with Crippen LogP contribution in [0.15, 0.2) is 29.6 Å². The van der Waals surface area contributed by atoms with Crippen molar-refractivity contribution in [1.82, 2.24) is 4.98 Å². The van der Waals surface area contributed by atoms with Gasteiger partial charge in [-0.05, 0) is 49.3 Å². The van der Waals surface area contributed by atoms with Gasteiger partial charge in [-0.25, -0.2) is 4.98 Å². The third kappa shape index (κ3) is 2.20. The second-order valence-electron chi connectivity index (χ2n) is 4.54. The van der Waals surface area contributed by atoms with E-state index in [1.54, 1.807) is 11.3 Å². The van der Waals surface area contributed by atoms with Gasteiger partial charge >= 0.3 is 0 Å². The zero-order chi connectivity index (χ0) is 11.7. The quantitative estimate of drug-likeness (QED) is 0.888. The first-order valence-electron chi connectivity index (χ1n) is 6.11. The Morgan fingerprint density at radius 1 is 1.29 bits per heavy atom. The molecular formula is C14H16N2S. The Hall–Kier alpha value is -1.35. The van der Waals surface area contributed by atoms with E-state index in [4.69, 9.17) is 4.98 Å². The van der Waals surface area contributed by atoms with Gasteiger partial charge in [-0.15, -0.1) is 11.3 Å². The predicted octanol–water partition coefficient (Wildman–Crippen LogP) is 3.80. The highest BCUT2D eigenvalue weighted by Gasteiger charge is 2.13. The fourth-order valence-electron chi connectivity index (χ4n) is 2.33. The Morgan fingerprint density at radius 3 is 3.06 bits per heavy atom. The molecule has 0 aliphatic heterocycles. The molecule has 0 fully saturated rings. The average Bonchev–Trinajstić information content (AvgIpc) is 2.99. The van der Waals surface area contributed by atoms with Crippen molar-refractivity contribution in [2.45, 2.75) is 32.2 Å². The number of thiophene rings is 1. The molecule has 2 aromatic heterocycles. The number of aromatic nitrogens is 1. The van der Waals surface area contributed by atoms with E-state index in [0.717, 1.165) is 12.2 Å². The van der Waals surface area contributed by atoms with Crippen LogP contribution >= 0.6 is 11.3 Å². The minimum Gasteiger partial charge on any atom is -0.363 e. The summed E-state index contributed by atoms with van der Waals surface area (Å²) in [4.78, 5) is 6.05. The summed E-state index contributed by atoms with van der Waals surface area (Å²) in [7, 11) is 0. The van der Waals surface area contributed by atoms with E-state index < -0.39 is 0 Å². The summed E-state index contributed by atoms with van der Waals surface area (Å²) in [6.45, 7) is 2.18. The van der Waals surface area contributed by atoms with Gasteiger partial charge in [-0.2, -0.15) is 0 Å². The van der Waals surface area contributed by atoms with Crippen LogP contribution in [0.5, 0.6) is 0 Å². The zero-order valence-corrected chi connectivity index (χ0v) is 10.8. The SMILES string of the molecule is CC(Nc1ccc2c(n1)CCC2)c1cccs1. The van der Waals surface area contributed by atoms with E-state index in [2.05, 4.69) is 41.9 Å². The molecule has 3 rings (SSSR count). The maximum Gasteiger partial charge on any atom is 0.126 e. The van der Waals surface area contributed by atoms with Crippen molar-refractivity contribution in [1.29, 1.82) is 0 Å². The molecule has 0 radical (unpaired) electrons. The molecule has 0 aromatic carbocycles. The molecule has 0 bridgehead atoms. The normalized spacial score (nSPS) is 15.6. The number of fused-ring (bicyclic) bond motifs is 1. The van der Waals surface area contributed by atoms with Crippen molar-refractivity contribution in [3.05, 3.63) is 45.8 Å². The largest absolute Gasteiger partial charge is 0.363 e. The fraction of sp³-hybridized carbons (Fsp3) is 0.357. The summed E-state index contributed by atoms with van der Waals surface area (Å²) >= 11 is 1.79. The van der Waals surface area contributed by atoms with Crippen LogP contribution in [0.2, 0.25) is 0 Å². The van der Waals surface area contributed by atoms with Gasteiger partial charge in [0, 0.05) is 10.6 Å². The highest BCUT2D eigenvalue weighted by molar-refractivity contribution is 7.10. The third-order valence-corrected chi connectivity index (χ3v) is 4.32. The van der Waals surface area contributed by atoms with Crippen LogP contribution in [0.3, 0.4) is 0 Å². The van der Waals surface area contributed by atoms with Crippen LogP contribution in [0.4, 0.5) is 5.82 Å². The number of anilines is 1. The number of nitrogens with zero attached hydrogens (tertiary/aromatic N) is 1. The summed E-state index contributed by atoms with van der Waals surface area (Å²) in [5.74, 6) is 1.01. The lowest BCUT2D eigenvalue weighted by molar-refractivity contribution is 0.881. The molecule has 2 aromatic rings. The minimum absolute atomic E-state index is 0.335. The smallest absolute Gasteiger partial charge is 0.126 e. The van der Waals surface area contributed by atoms with Crippen LogP contribution in [0.1, 0.15) is 35.5 Å². The van der Waals surface area contributed by atoms with Crippen LogP contribution in [0, 0.1) is 0 Å². The predicted molar refractivity (Wildman–Crippen MR) is 72.6 cm³/mol. The van der Waals surface area contributed by atoms with Crippen molar-refractivity contribution in [3.8, 4) is 0 Å². The van der Waals surface area contributed by atoms with E-state index in [0.29, 0.717) is 6.04 Å². The molecule has 1 atom stereocenters. The highest BCUT2D eigenvalue weighted by atomic mass is 32.1. The van der Waals surface area contributed by atoms with Crippen LogP contribution in [-0.2, 0) is 12.8 Å². The van der Waals surface area contributed by atoms with E-state index in [9.17, 15) is 0 Å². The molecule has 0 saturated carbocycles. The third-order valence-electron chi connectivity index (χ3n) is 3.26. The van der Waals surface area contributed by atoms with Gasteiger partial charge in [0.1, 0.15) is 5.82 Å².